The molecule has 0 saturated carbocycles. The Bertz CT molecular complexity index is 398. The fourth-order valence-electron chi connectivity index (χ4n) is 0.904. The molecule has 0 aromatic heterocycles. The number of carbonyl (C=O) groups excluding carboxylic acids is 1. The first-order valence-corrected chi connectivity index (χ1v) is 5.24. The molecular weight excluding hydrogens is 340 g/mol. The van der Waals surface area contributed by atoms with E-state index in [2.05, 4.69) is 36.6 Å². The summed E-state index contributed by atoms with van der Waals surface area (Å²) >= 11 is 6.09. The van der Waals surface area contributed by atoms with Crippen molar-refractivity contribution in [3.63, 3.8) is 0 Å². The molecule has 0 spiro atoms. The number of hydrogen-bond acceptors (Lipinski definition) is 2. The molecule has 0 bridgehead atoms. The van der Waals surface area contributed by atoms with Gasteiger partial charge >= 0.3 is 6.61 Å². The van der Waals surface area contributed by atoms with Crippen molar-refractivity contribution in [3.05, 3.63) is 26.6 Å². The van der Waals surface area contributed by atoms with E-state index in [1.54, 1.807) is 0 Å². The number of ether oxygens (including phenoxy) is 1. The van der Waals surface area contributed by atoms with Crippen LogP contribution < -0.4 is 10.5 Å². The van der Waals surface area contributed by atoms with Crippen LogP contribution in [-0.2, 0) is 0 Å². The van der Waals surface area contributed by atoms with Crippen molar-refractivity contribution < 1.29 is 18.3 Å². The maximum absolute atomic E-state index is 12.0. The number of rotatable bonds is 3. The van der Waals surface area contributed by atoms with Crippen molar-refractivity contribution in [2.45, 2.75) is 6.61 Å². The van der Waals surface area contributed by atoms with E-state index in [0.717, 1.165) is 6.07 Å². The fourth-order valence-corrected chi connectivity index (χ4v) is 2.19. The molecule has 1 rings (SSSR count). The first-order valence-electron chi connectivity index (χ1n) is 3.65. The molecule has 0 fully saturated rings. The zero-order valence-electron chi connectivity index (χ0n) is 7.14. The molecule has 15 heavy (non-hydrogen) atoms. The summed E-state index contributed by atoms with van der Waals surface area (Å²) in [6, 6.07) is 2.56. The maximum Gasteiger partial charge on any atom is 0.387 e. The molecule has 0 saturated heterocycles. The van der Waals surface area contributed by atoms with Crippen molar-refractivity contribution >= 4 is 37.8 Å². The van der Waals surface area contributed by atoms with Gasteiger partial charge in [0, 0.05) is 4.47 Å². The normalized spacial score (nSPS) is 10.5. The lowest BCUT2D eigenvalue weighted by Gasteiger charge is -2.09. The summed E-state index contributed by atoms with van der Waals surface area (Å²) in [5, 5.41) is 0. The van der Waals surface area contributed by atoms with E-state index in [1.165, 1.54) is 6.07 Å². The van der Waals surface area contributed by atoms with E-state index >= 15 is 0 Å². The largest absolute Gasteiger partial charge is 0.434 e. The Labute approximate surface area is 101 Å². The molecule has 2 N–H and O–H groups in total. The van der Waals surface area contributed by atoms with Crippen LogP contribution in [0.3, 0.4) is 0 Å². The van der Waals surface area contributed by atoms with Crippen molar-refractivity contribution in [1.29, 1.82) is 0 Å². The monoisotopic (exact) mass is 343 g/mol. The molecule has 0 unspecified atom stereocenters. The minimum atomic E-state index is -2.96. The summed E-state index contributed by atoms with van der Waals surface area (Å²) in [4.78, 5) is 10.9. The zero-order valence-corrected chi connectivity index (χ0v) is 10.3. The van der Waals surface area contributed by atoms with E-state index in [-0.39, 0.29) is 11.3 Å². The number of benzene rings is 1. The molecule has 7 heteroatoms. The van der Waals surface area contributed by atoms with Gasteiger partial charge in [0.15, 0.2) is 0 Å². The van der Waals surface area contributed by atoms with Gasteiger partial charge in [0.25, 0.3) is 0 Å². The third-order valence-electron chi connectivity index (χ3n) is 1.50. The van der Waals surface area contributed by atoms with E-state index < -0.39 is 12.5 Å². The van der Waals surface area contributed by atoms with E-state index in [4.69, 9.17) is 5.73 Å². The highest BCUT2D eigenvalue weighted by Crippen LogP contribution is 2.32. The first kappa shape index (κ1) is 12.4. The first-order chi connectivity index (χ1) is 6.91. The summed E-state index contributed by atoms with van der Waals surface area (Å²) < 4.78 is 28.8. The van der Waals surface area contributed by atoms with Gasteiger partial charge in [-0.05, 0) is 44.0 Å². The number of primary amides is 1. The van der Waals surface area contributed by atoms with Gasteiger partial charge in [-0.3, -0.25) is 4.79 Å². The molecule has 1 aromatic rings. The summed E-state index contributed by atoms with van der Waals surface area (Å²) in [5.74, 6) is -0.865. The summed E-state index contributed by atoms with van der Waals surface area (Å²) in [5.41, 5.74) is 5.11. The standard InChI is InChI=1S/C8H5Br2F2NO2/c9-4-2-5(10)6(15-8(11)12)1-3(4)7(13)14/h1-2,8H,(H2,13,14). The van der Waals surface area contributed by atoms with Crippen LogP contribution in [0.2, 0.25) is 0 Å². The number of nitrogens with two attached hydrogens (primary N) is 1. The van der Waals surface area contributed by atoms with Crippen LogP contribution in [0.25, 0.3) is 0 Å². The molecule has 1 aromatic carbocycles. The van der Waals surface area contributed by atoms with Crippen LogP contribution in [-0.4, -0.2) is 12.5 Å². The smallest absolute Gasteiger partial charge is 0.387 e. The van der Waals surface area contributed by atoms with Crippen LogP contribution in [0, 0.1) is 0 Å². The summed E-state index contributed by atoms with van der Waals surface area (Å²) in [7, 11) is 0. The Morgan fingerprint density at radius 2 is 1.93 bits per heavy atom. The summed E-state index contributed by atoms with van der Waals surface area (Å²) in [6.07, 6.45) is 0. The van der Waals surface area contributed by atoms with Crippen molar-refractivity contribution in [2.24, 2.45) is 5.73 Å². The molecule has 0 atom stereocenters. The Balaban J connectivity index is 3.17. The van der Waals surface area contributed by atoms with E-state index in [9.17, 15) is 13.6 Å². The number of amides is 1. The van der Waals surface area contributed by atoms with Gasteiger partial charge in [0.2, 0.25) is 5.91 Å². The fraction of sp³-hybridized carbons (Fsp3) is 0.125. The average Bonchev–Trinajstić information content (AvgIpc) is 2.08. The topological polar surface area (TPSA) is 52.3 Å². The van der Waals surface area contributed by atoms with E-state index in [0.29, 0.717) is 8.95 Å². The minimum absolute atomic E-state index is 0.0776. The van der Waals surface area contributed by atoms with Gasteiger partial charge < -0.3 is 10.5 Å². The third-order valence-corrected chi connectivity index (χ3v) is 2.78. The van der Waals surface area contributed by atoms with Gasteiger partial charge in [-0.1, -0.05) is 0 Å². The second-order valence-electron chi connectivity index (χ2n) is 2.51. The second kappa shape index (κ2) is 4.89. The van der Waals surface area contributed by atoms with Gasteiger partial charge in [-0.15, -0.1) is 0 Å². The van der Waals surface area contributed by atoms with Gasteiger partial charge in [-0.2, -0.15) is 8.78 Å². The second-order valence-corrected chi connectivity index (χ2v) is 4.21. The molecule has 1 amide bonds. The Morgan fingerprint density at radius 1 is 1.33 bits per heavy atom. The third kappa shape index (κ3) is 3.13. The minimum Gasteiger partial charge on any atom is -0.434 e. The predicted molar refractivity (Wildman–Crippen MR) is 57.0 cm³/mol. The summed E-state index contributed by atoms with van der Waals surface area (Å²) in [6.45, 7) is -2.96. The molecular formula is C8H5Br2F2NO2. The highest BCUT2D eigenvalue weighted by Gasteiger charge is 2.14. The number of hydrogen-bond donors (Lipinski definition) is 1. The van der Waals surface area contributed by atoms with E-state index in [1.807, 2.05) is 0 Å². The number of halogens is 4. The van der Waals surface area contributed by atoms with Crippen molar-refractivity contribution in [3.8, 4) is 5.75 Å². The van der Waals surface area contributed by atoms with Crippen LogP contribution in [0.15, 0.2) is 21.1 Å². The van der Waals surface area contributed by atoms with Crippen LogP contribution in [0.5, 0.6) is 5.75 Å². The Morgan fingerprint density at radius 3 is 2.40 bits per heavy atom. The lowest BCUT2D eigenvalue weighted by molar-refractivity contribution is -0.0504. The number of carbonyl (C=O) groups is 1. The van der Waals surface area contributed by atoms with Gasteiger partial charge in [0.05, 0.1) is 10.0 Å². The Kier molecular flexibility index (Phi) is 4.04. The molecule has 0 aliphatic carbocycles. The highest BCUT2D eigenvalue weighted by molar-refractivity contribution is 9.11. The highest BCUT2D eigenvalue weighted by atomic mass is 79.9. The predicted octanol–water partition coefficient (Wildman–Crippen LogP) is 2.91. The molecule has 3 nitrogen and oxygen atoms in total. The van der Waals surface area contributed by atoms with Crippen LogP contribution in [0.1, 0.15) is 10.4 Å². The number of alkyl halides is 2. The Hall–Kier alpha value is -0.690. The lowest BCUT2D eigenvalue weighted by Crippen LogP contribution is -2.12. The molecule has 0 aliphatic heterocycles. The van der Waals surface area contributed by atoms with Crippen molar-refractivity contribution in [2.75, 3.05) is 0 Å². The van der Waals surface area contributed by atoms with Gasteiger partial charge in [-0.25, -0.2) is 0 Å². The van der Waals surface area contributed by atoms with Crippen molar-refractivity contribution in [1.82, 2.24) is 0 Å². The maximum atomic E-state index is 12.0. The molecule has 0 heterocycles. The van der Waals surface area contributed by atoms with Crippen LogP contribution >= 0.6 is 31.9 Å². The molecule has 0 radical (unpaired) electrons. The van der Waals surface area contributed by atoms with Crippen LogP contribution in [0.4, 0.5) is 8.78 Å². The molecule has 82 valence electrons. The average molecular weight is 345 g/mol. The molecule has 0 aliphatic rings. The van der Waals surface area contributed by atoms with Gasteiger partial charge in [0.1, 0.15) is 5.75 Å². The lowest BCUT2D eigenvalue weighted by atomic mass is 10.2. The SMILES string of the molecule is NC(=O)c1cc(OC(F)F)c(Br)cc1Br. The zero-order chi connectivity index (χ0) is 11.6. The quantitative estimate of drug-likeness (QED) is 0.916.